The number of rotatable bonds is 2. The van der Waals surface area contributed by atoms with Crippen molar-refractivity contribution in [1.29, 1.82) is 0 Å². The molecular formula is C14H12F3N4O2+. The van der Waals surface area contributed by atoms with Gasteiger partial charge in [0.1, 0.15) is 0 Å². The Morgan fingerprint density at radius 1 is 1.30 bits per heavy atom. The first-order valence-electron chi connectivity index (χ1n) is 6.81. The fraction of sp³-hybridized carbons (Fsp3) is 0.286. The Labute approximate surface area is 128 Å². The second-order valence-electron chi connectivity index (χ2n) is 4.97. The number of amides is 1. The van der Waals surface area contributed by atoms with Crippen LogP contribution in [0.1, 0.15) is 22.7 Å². The normalized spacial score (nSPS) is 16.9. The zero-order valence-electron chi connectivity index (χ0n) is 11.8. The number of carbonyl (C=O) groups is 1. The van der Waals surface area contributed by atoms with Gasteiger partial charge in [-0.15, -0.1) is 0 Å². The molecule has 3 rings (SSSR count). The number of H-pyrrole nitrogens is 1. The second kappa shape index (κ2) is 5.92. The maximum atomic E-state index is 12.5. The third-order valence-corrected chi connectivity index (χ3v) is 3.30. The number of aliphatic imine (C=N–C) groups is 1. The molecule has 2 N–H and O–H groups in total. The molecule has 1 amide bonds. The summed E-state index contributed by atoms with van der Waals surface area (Å²) in [5.74, 6) is -1.73. The third kappa shape index (κ3) is 3.45. The lowest BCUT2D eigenvalue weighted by Crippen LogP contribution is -2.18. The predicted molar refractivity (Wildman–Crippen MR) is 72.7 cm³/mol. The fourth-order valence-electron chi connectivity index (χ4n) is 2.12. The van der Waals surface area contributed by atoms with Gasteiger partial charge in [-0.25, -0.2) is 9.52 Å². The molecule has 0 bridgehead atoms. The third-order valence-electron chi connectivity index (χ3n) is 3.30. The summed E-state index contributed by atoms with van der Waals surface area (Å²) < 4.78 is 41.6. The van der Waals surface area contributed by atoms with Crippen LogP contribution in [0.5, 0.6) is 0 Å². The summed E-state index contributed by atoms with van der Waals surface area (Å²) in [5.41, 5.74) is 1.52. The predicted octanol–water partition coefficient (Wildman–Crippen LogP) is 1.75. The van der Waals surface area contributed by atoms with Crippen LogP contribution in [0.25, 0.3) is 11.4 Å². The number of carbonyl (C=O) groups excluding carboxylic acids is 1. The van der Waals surface area contributed by atoms with E-state index in [2.05, 4.69) is 25.0 Å². The summed E-state index contributed by atoms with van der Waals surface area (Å²) in [6.07, 6.45) is -3.90. The Bertz CT molecular complexity index is 742. The molecule has 23 heavy (non-hydrogen) atoms. The number of nitrogens with zero attached hydrogens (tertiary/aromatic N) is 2. The minimum Gasteiger partial charge on any atom is -0.311 e. The highest BCUT2D eigenvalue weighted by Gasteiger charge is 2.43. The lowest BCUT2D eigenvalue weighted by Gasteiger charge is -1.97. The zero-order valence-corrected chi connectivity index (χ0v) is 11.8. The number of hydrogen-bond donors (Lipinski definition) is 1. The van der Waals surface area contributed by atoms with Crippen molar-refractivity contribution in [2.45, 2.75) is 12.6 Å². The van der Waals surface area contributed by atoms with Crippen LogP contribution in [0.2, 0.25) is 0 Å². The monoisotopic (exact) mass is 325 g/mol. The van der Waals surface area contributed by atoms with Crippen LogP contribution < -0.4 is 10.3 Å². The zero-order chi connectivity index (χ0) is 16.4. The molecule has 0 atom stereocenters. The van der Waals surface area contributed by atoms with E-state index in [1.165, 1.54) is 24.3 Å². The molecule has 0 radical (unpaired) electrons. The Morgan fingerprint density at radius 3 is 2.61 bits per heavy atom. The number of benzene rings is 1. The summed E-state index contributed by atoms with van der Waals surface area (Å²) in [6.45, 7) is 1.40. The molecule has 0 saturated carbocycles. The van der Waals surface area contributed by atoms with Crippen molar-refractivity contribution in [1.82, 2.24) is 10.5 Å². The molecule has 2 heterocycles. The van der Waals surface area contributed by atoms with Crippen molar-refractivity contribution in [3.05, 3.63) is 35.7 Å². The van der Waals surface area contributed by atoms with Gasteiger partial charge in [-0.05, 0) is 30.7 Å². The number of hydrogen-bond acceptors (Lipinski definition) is 4. The maximum absolute atomic E-state index is 12.5. The van der Waals surface area contributed by atoms with Crippen LogP contribution in [0.15, 0.2) is 33.8 Å². The second-order valence-corrected chi connectivity index (χ2v) is 4.97. The summed E-state index contributed by atoms with van der Waals surface area (Å²) in [7, 11) is 0. The van der Waals surface area contributed by atoms with Crippen molar-refractivity contribution < 1.29 is 27.5 Å². The van der Waals surface area contributed by atoms with Gasteiger partial charge in [0.2, 0.25) is 0 Å². The van der Waals surface area contributed by atoms with E-state index >= 15 is 0 Å². The van der Waals surface area contributed by atoms with Gasteiger partial charge < -0.3 is 5.32 Å². The van der Waals surface area contributed by atoms with Crippen LogP contribution in [0, 0.1) is 0 Å². The van der Waals surface area contributed by atoms with Crippen molar-refractivity contribution in [2.75, 3.05) is 13.1 Å². The average molecular weight is 325 g/mol. The largest absolute Gasteiger partial charge is 0.495 e. The molecule has 1 saturated heterocycles. The number of alkyl halides is 3. The van der Waals surface area contributed by atoms with Gasteiger partial charge in [-0.2, -0.15) is 18.2 Å². The highest BCUT2D eigenvalue weighted by atomic mass is 19.4. The van der Waals surface area contributed by atoms with E-state index in [4.69, 9.17) is 0 Å². The van der Waals surface area contributed by atoms with Gasteiger partial charge in [0.15, 0.2) is 5.16 Å². The quantitative estimate of drug-likeness (QED) is 0.912. The van der Waals surface area contributed by atoms with Gasteiger partial charge >= 0.3 is 17.9 Å². The van der Waals surface area contributed by atoms with Gasteiger partial charge in [0.25, 0.3) is 5.91 Å². The summed E-state index contributed by atoms with van der Waals surface area (Å²) >= 11 is 0. The molecule has 6 nitrogen and oxygen atoms in total. The molecule has 0 spiro atoms. The molecule has 1 aliphatic heterocycles. The van der Waals surface area contributed by atoms with E-state index in [0.717, 1.165) is 18.7 Å². The van der Waals surface area contributed by atoms with E-state index in [0.29, 0.717) is 17.7 Å². The maximum Gasteiger partial charge on any atom is 0.495 e. The van der Waals surface area contributed by atoms with Crippen LogP contribution >= 0.6 is 0 Å². The molecule has 120 valence electrons. The van der Waals surface area contributed by atoms with Crippen molar-refractivity contribution in [2.24, 2.45) is 4.99 Å². The number of aromatic nitrogens is 2. The summed E-state index contributed by atoms with van der Waals surface area (Å²) in [6, 6.07) is 5.93. The Hall–Kier alpha value is -2.55. The Balaban J connectivity index is 1.78. The average Bonchev–Trinajstić information content (AvgIpc) is 3.18. The molecule has 0 aliphatic carbocycles. The Morgan fingerprint density at radius 2 is 2.04 bits per heavy atom. The minimum absolute atomic E-state index is 0.0670. The van der Waals surface area contributed by atoms with Crippen LogP contribution in [0.4, 0.5) is 13.2 Å². The van der Waals surface area contributed by atoms with Crippen molar-refractivity contribution in [3.63, 3.8) is 0 Å². The topological polar surface area (TPSA) is 81.6 Å². The van der Waals surface area contributed by atoms with Crippen molar-refractivity contribution >= 4 is 11.6 Å². The number of halogens is 3. The SMILES string of the molecule is O=C(N=C1CCNC1)c1ccc(-c2noc(C(F)(F)F)[nH+]2)cc1. The van der Waals surface area contributed by atoms with Crippen LogP contribution in [-0.4, -0.2) is 29.9 Å². The van der Waals surface area contributed by atoms with Crippen molar-refractivity contribution in [3.8, 4) is 11.4 Å². The first kappa shape index (κ1) is 15.3. The first-order chi connectivity index (χ1) is 10.9. The lowest BCUT2D eigenvalue weighted by molar-refractivity contribution is -0.426. The van der Waals surface area contributed by atoms with E-state index in [9.17, 15) is 18.0 Å². The van der Waals surface area contributed by atoms with Gasteiger partial charge in [-0.1, -0.05) is 0 Å². The first-order valence-corrected chi connectivity index (χ1v) is 6.81. The molecule has 1 aliphatic rings. The molecule has 0 unspecified atom stereocenters. The number of nitrogens with one attached hydrogen (secondary N) is 2. The van der Waals surface area contributed by atoms with Gasteiger partial charge in [0.05, 0.1) is 5.56 Å². The fourth-order valence-corrected chi connectivity index (χ4v) is 2.12. The van der Waals surface area contributed by atoms with E-state index in [-0.39, 0.29) is 11.7 Å². The molecule has 2 aromatic rings. The van der Waals surface area contributed by atoms with Crippen LogP contribution in [-0.2, 0) is 6.18 Å². The molecule has 1 aromatic carbocycles. The Kier molecular flexibility index (Phi) is 3.95. The van der Waals surface area contributed by atoms with E-state index < -0.39 is 12.1 Å². The van der Waals surface area contributed by atoms with E-state index in [1.54, 1.807) is 0 Å². The number of aromatic amines is 1. The van der Waals surface area contributed by atoms with Gasteiger partial charge in [0, 0.05) is 24.4 Å². The molecule has 9 heteroatoms. The summed E-state index contributed by atoms with van der Waals surface area (Å²) in [5, 5.41) is 6.42. The standard InChI is InChI=1S/C14H11F3N4O2/c15-14(16,17)13-20-11(21-23-13)8-1-3-9(4-2-8)12(22)19-10-5-6-18-7-10/h1-4,18H,5-7H2/p+1. The minimum atomic E-state index is -4.63. The highest BCUT2D eigenvalue weighted by Crippen LogP contribution is 2.26. The van der Waals surface area contributed by atoms with Crippen LogP contribution in [0.3, 0.4) is 0 Å². The lowest BCUT2D eigenvalue weighted by atomic mass is 10.1. The molecular weight excluding hydrogens is 313 g/mol. The molecule has 1 aromatic heterocycles. The van der Waals surface area contributed by atoms with E-state index in [1.807, 2.05) is 0 Å². The molecule has 1 fully saturated rings. The summed E-state index contributed by atoms with van der Waals surface area (Å²) in [4.78, 5) is 18.0. The smallest absolute Gasteiger partial charge is 0.311 e. The highest BCUT2D eigenvalue weighted by molar-refractivity contribution is 6.05. The van der Waals surface area contributed by atoms with Gasteiger partial charge in [-0.3, -0.25) is 4.79 Å².